The second-order valence-electron chi connectivity index (χ2n) is 3.81. The second kappa shape index (κ2) is 5.63. The first-order valence-electron chi connectivity index (χ1n) is 5.48. The molecule has 0 spiro atoms. The van der Waals surface area contributed by atoms with Crippen molar-refractivity contribution in [2.45, 2.75) is 19.8 Å². The van der Waals surface area contributed by atoms with E-state index in [9.17, 15) is 4.79 Å². The third kappa shape index (κ3) is 3.42. The first-order chi connectivity index (χ1) is 8.25. The molecular weight excluding hydrogens is 236 g/mol. The first kappa shape index (κ1) is 11.9. The quantitative estimate of drug-likeness (QED) is 0.829. The highest BCUT2D eigenvalue weighted by Crippen LogP contribution is 2.06. The molecule has 0 aromatic carbocycles. The van der Waals surface area contributed by atoms with Crippen LogP contribution < -0.4 is 5.32 Å². The van der Waals surface area contributed by atoms with Crippen molar-refractivity contribution in [2.24, 2.45) is 0 Å². The molecule has 0 saturated carbocycles. The molecular formula is C12H14N2O2S. The lowest BCUT2D eigenvalue weighted by Gasteiger charge is -2.01. The van der Waals surface area contributed by atoms with Crippen LogP contribution in [0.4, 0.5) is 0 Å². The summed E-state index contributed by atoms with van der Waals surface area (Å²) in [6.45, 7) is 2.54. The summed E-state index contributed by atoms with van der Waals surface area (Å²) in [5.74, 6) is 0.854. The molecule has 0 fully saturated rings. The Morgan fingerprint density at radius 1 is 1.59 bits per heavy atom. The van der Waals surface area contributed by atoms with Crippen molar-refractivity contribution in [3.05, 3.63) is 39.9 Å². The highest BCUT2D eigenvalue weighted by Gasteiger charge is 2.05. The summed E-state index contributed by atoms with van der Waals surface area (Å²) in [5, 5.41) is 10.4. The molecule has 2 rings (SSSR count). The van der Waals surface area contributed by atoms with Crippen LogP contribution in [-0.4, -0.2) is 17.6 Å². The molecule has 0 saturated heterocycles. The molecule has 17 heavy (non-hydrogen) atoms. The molecule has 0 aliphatic rings. The van der Waals surface area contributed by atoms with Crippen LogP contribution in [-0.2, 0) is 6.42 Å². The van der Waals surface area contributed by atoms with Crippen LogP contribution in [0, 0.1) is 6.92 Å². The third-order valence-corrected chi connectivity index (χ3v) is 3.03. The zero-order chi connectivity index (χ0) is 12.1. The van der Waals surface area contributed by atoms with Crippen LogP contribution in [0.15, 0.2) is 27.4 Å². The Hall–Kier alpha value is -1.62. The van der Waals surface area contributed by atoms with Crippen LogP contribution in [0.1, 0.15) is 28.2 Å². The minimum atomic E-state index is -0.0139. The van der Waals surface area contributed by atoms with E-state index in [1.54, 1.807) is 0 Å². The number of hydrogen-bond acceptors (Lipinski definition) is 4. The van der Waals surface area contributed by atoms with E-state index in [1.807, 2.05) is 29.8 Å². The zero-order valence-electron chi connectivity index (χ0n) is 9.60. The smallest absolute Gasteiger partial charge is 0.252 e. The second-order valence-corrected chi connectivity index (χ2v) is 4.59. The molecule has 1 amide bonds. The Kier molecular flexibility index (Phi) is 3.93. The lowest BCUT2D eigenvalue weighted by Crippen LogP contribution is -2.24. The van der Waals surface area contributed by atoms with E-state index in [1.165, 1.54) is 11.3 Å². The first-order valence-corrected chi connectivity index (χ1v) is 6.42. The van der Waals surface area contributed by atoms with Crippen LogP contribution >= 0.6 is 11.3 Å². The van der Waals surface area contributed by atoms with E-state index in [2.05, 4.69) is 10.5 Å². The number of nitrogens with zero attached hydrogens (tertiary/aromatic N) is 1. The minimum absolute atomic E-state index is 0.0139. The van der Waals surface area contributed by atoms with E-state index in [0.717, 1.165) is 29.9 Å². The number of carbonyl (C=O) groups is 1. The summed E-state index contributed by atoms with van der Waals surface area (Å²) in [6, 6.07) is 3.74. The summed E-state index contributed by atoms with van der Waals surface area (Å²) in [4.78, 5) is 11.6. The van der Waals surface area contributed by atoms with Gasteiger partial charge < -0.3 is 9.84 Å². The summed E-state index contributed by atoms with van der Waals surface area (Å²) >= 11 is 1.52. The molecule has 0 unspecified atom stereocenters. The standard InChI is InChI=1S/C12H14N2O2S/c1-9-7-11(16-14-9)3-2-5-13-12(15)10-4-6-17-8-10/h4,6-8H,2-3,5H2,1H3,(H,13,15). The maximum atomic E-state index is 11.6. The Bertz CT molecular complexity index is 476. The molecule has 90 valence electrons. The predicted octanol–water partition coefficient (Wildman–Crippen LogP) is 2.41. The number of thiophene rings is 1. The molecule has 4 nitrogen and oxygen atoms in total. The fraction of sp³-hybridized carbons (Fsp3) is 0.333. The van der Waals surface area contributed by atoms with E-state index >= 15 is 0 Å². The number of rotatable bonds is 5. The molecule has 0 aliphatic heterocycles. The lowest BCUT2D eigenvalue weighted by atomic mass is 10.2. The third-order valence-electron chi connectivity index (χ3n) is 2.35. The van der Waals surface area contributed by atoms with Crippen molar-refractivity contribution in [2.75, 3.05) is 6.54 Å². The zero-order valence-corrected chi connectivity index (χ0v) is 10.4. The Labute approximate surface area is 104 Å². The fourth-order valence-corrected chi connectivity index (χ4v) is 2.13. The van der Waals surface area contributed by atoms with Gasteiger partial charge in [-0.15, -0.1) is 0 Å². The molecule has 0 bridgehead atoms. The number of amides is 1. The SMILES string of the molecule is Cc1cc(CCCNC(=O)c2ccsc2)on1. The van der Waals surface area contributed by atoms with E-state index < -0.39 is 0 Å². The minimum Gasteiger partial charge on any atom is -0.361 e. The summed E-state index contributed by atoms with van der Waals surface area (Å²) in [6.07, 6.45) is 1.65. The van der Waals surface area contributed by atoms with Crippen LogP contribution in [0.25, 0.3) is 0 Å². The Morgan fingerprint density at radius 2 is 2.47 bits per heavy atom. The monoisotopic (exact) mass is 250 g/mol. The average Bonchev–Trinajstić information content (AvgIpc) is 2.95. The highest BCUT2D eigenvalue weighted by molar-refractivity contribution is 7.08. The van der Waals surface area contributed by atoms with Crippen LogP contribution in [0.2, 0.25) is 0 Å². The van der Waals surface area contributed by atoms with Gasteiger partial charge in [-0.1, -0.05) is 5.16 Å². The van der Waals surface area contributed by atoms with Gasteiger partial charge in [0.2, 0.25) is 0 Å². The Balaban J connectivity index is 1.68. The largest absolute Gasteiger partial charge is 0.361 e. The van der Waals surface area contributed by atoms with E-state index in [-0.39, 0.29) is 5.91 Å². The van der Waals surface area contributed by atoms with Gasteiger partial charge in [-0.25, -0.2) is 0 Å². The summed E-state index contributed by atoms with van der Waals surface area (Å²) in [5.41, 5.74) is 1.62. The molecule has 5 heteroatoms. The molecule has 0 radical (unpaired) electrons. The maximum absolute atomic E-state index is 11.6. The molecule has 1 N–H and O–H groups in total. The topological polar surface area (TPSA) is 55.1 Å². The number of aryl methyl sites for hydroxylation is 2. The van der Waals surface area contributed by atoms with Gasteiger partial charge >= 0.3 is 0 Å². The van der Waals surface area contributed by atoms with Gasteiger partial charge in [0.05, 0.1) is 5.69 Å². The van der Waals surface area contributed by atoms with Crippen LogP contribution in [0.5, 0.6) is 0 Å². The predicted molar refractivity (Wildman–Crippen MR) is 66.2 cm³/mol. The van der Waals surface area contributed by atoms with Gasteiger partial charge in [0.25, 0.3) is 5.91 Å². The summed E-state index contributed by atoms with van der Waals surface area (Å²) < 4.78 is 5.08. The summed E-state index contributed by atoms with van der Waals surface area (Å²) in [7, 11) is 0. The molecule has 2 heterocycles. The van der Waals surface area contributed by atoms with Crippen LogP contribution in [0.3, 0.4) is 0 Å². The highest BCUT2D eigenvalue weighted by atomic mass is 32.1. The normalized spacial score (nSPS) is 10.4. The van der Waals surface area contributed by atoms with Gasteiger partial charge in [0.1, 0.15) is 5.76 Å². The van der Waals surface area contributed by atoms with Crippen molar-refractivity contribution in [3.8, 4) is 0 Å². The number of nitrogens with one attached hydrogen (secondary N) is 1. The van der Waals surface area contributed by atoms with Gasteiger partial charge in [-0.05, 0) is 24.8 Å². The fourth-order valence-electron chi connectivity index (χ4n) is 1.49. The van der Waals surface area contributed by atoms with Crippen molar-refractivity contribution in [1.82, 2.24) is 10.5 Å². The Morgan fingerprint density at radius 3 is 3.12 bits per heavy atom. The number of hydrogen-bond donors (Lipinski definition) is 1. The van der Waals surface area contributed by atoms with Gasteiger partial charge in [-0.3, -0.25) is 4.79 Å². The number of carbonyl (C=O) groups excluding carboxylic acids is 1. The van der Waals surface area contributed by atoms with Crippen molar-refractivity contribution in [1.29, 1.82) is 0 Å². The maximum Gasteiger partial charge on any atom is 0.252 e. The molecule has 2 aromatic heterocycles. The van der Waals surface area contributed by atoms with Gasteiger partial charge in [-0.2, -0.15) is 11.3 Å². The molecule has 0 atom stereocenters. The lowest BCUT2D eigenvalue weighted by molar-refractivity contribution is 0.0953. The van der Waals surface area contributed by atoms with Crippen molar-refractivity contribution in [3.63, 3.8) is 0 Å². The van der Waals surface area contributed by atoms with E-state index in [4.69, 9.17) is 4.52 Å². The molecule has 2 aromatic rings. The number of aromatic nitrogens is 1. The van der Waals surface area contributed by atoms with E-state index in [0.29, 0.717) is 6.54 Å². The van der Waals surface area contributed by atoms with Gasteiger partial charge in [0, 0.05) is 30.0 Å². The van der Waals surface area contributed by atoms with Crippen molar-refractivity contribution < 1.29 is 9.32 Å². The van der Waals surface area contributed by atoms with Gasteiger partial charge in [0.15, 0.2) is 0 Å². The van der Waals surface area contributed by atoms with Crippen molar-refractivity contribution >= 4 is 17.2 Å². The molecule has 0 aliphatic carbocycles. The average molecular weight is 250 g/mol.